The molecule has 4 atom stereocenters. The highest BCUT2D eigenvalue weighted by Gasteiger charge is 2.31. The normalized spacial score (nSPS) is 13.9. The maximum Gasteiger partial charge on any atom is 0.326 e. The van der Waals surface area contributed by atoms with Gasteiger partial charge in [-0.2, -0.15) is 0 Å². The van der Waals surface area contributed by atoms with Crippen molar-refractivity contribution in [3.8, 4) is 0 Å². The van der Waals surface area contributed by atoms with Crippen LogP contribution in [0.4, 0.5) is 0 Å². The minimum absolute atomic E-state index is 0.00687. The quantitative estimate of drug-likeness (QED) is 0.0807. The number of nitrogens with zero attached hydrogens (tertiary/aromatic N) is 1. The summed E-state index contributed by atoms with van der Waals surface area (Å²) < 4.78 is 0. The molecular weight excluding hydrogens is 558 g/mol. The third kappa shape index (κ3) is 9.93. The molecule has 15 heteroatoms. The van der Waals surface area contributed by atoms with Crippen LogP contribution in [0.1, 0.15) is 43.4 Å². The maximum atomic E-state index is 13.6. The zero-order valence-corrected chi connectivity index (χ0v) is 23.7. The van der Waals surface area contributed by atoms with Crippen molar-refractivity contribution >= 4 is 40.5 Å². The summed E-state index contributed by atoms with van der Waals surface area (Å²) in [6.07, 6.45) is 5.84. The van der Waals surface area contributed by atoms with Crippen LogP contribution in [-0.4, -0.2) is 80.4 Å². The molecule has 4 unspecified atom stereocenters. The highest BCUT2D eigenvalue weighted by molar-refractivity contribution is 5.95. The van der Waals surface area contributed by atoms with Gasteiger partial charge in [-0.1, -0.05) is 24.6 Å². The molecule has 0 spiro atoms. The lowest BCUT2D eigenvalue weighted by atomic mass is 10.0. The first-order valence-corrected chi connectivity index (χ1v) is 14.0. The van der Waals surface area contributed by atoms with Gasteiger partial charge in [0.05, 0.1) is 12.4 Å². The Kier molecular flexibility index (Phi) is 12.2. The summed E-state index contributed by atoms with van der Waals surface area (Å²) in [5.74, 6) is -4.11. The van der Waals surface area contributed by atoms with Crippen molar-refractivity contribution in [2.45, 2.75) is 69.1 Å². The number of nitrogens with one attached hydrogen (secondary N) is 5. The zero-order valence-electron chi connectivity index (χ0n) is 23.7. The molecule has 0 radical (unpaired) electrons. The van der Waals surface area contributed by atoms with Gasteiger partial charge in [0.2, 0.25) is 23.6 Å². The van der Waals surface area contributed by atoms with Gasteiger partial charge >= 0.3 is 5.97 Å². The predicted molar refractivity (Wildman–Crippen MR) is 157 cm³/mol. The van der Waals surface area contributed by atoms with Crippen LogP contribution in [0.15, 0.2) is 43.0 Å². The van der Waals surface area contributed by atoms with E-state index in [1.54, 1.807) is 6.20 Å². The Bertz CT molecular complexity index is 1390. The Labute approximate surface area is 247 Å². The SMILES string of the molecule is NCCCCC(N)C(=O)NC(Cc1cnc[nH]1)C(=O)NC(Cc1c[nH]c2ccccc12)C(=O)NC(CCC(N)=O)C(=O)O. The fraction of sp³-hybridized carbons (Fsp3) is 0.429. The number of nitrogens with two attached hydrogens (primary N) is 3. The first-order chi connectivity index (χ1) is 20.6. The van der Waals surface area contributed by atoms with Crippen molar-refractivity contribution in [3.05, 3.63) is 54.2 Å². The Hall–Kier alpha value is -4.76. The van der Waals surface area contributed by atoms with E-state index in [1.165, 1.54) is 12.5 Å². The number of carboxylic acid groups (broad SMARTS) is 1. The van der Waals surface area contributed by atoms with Crippen LogP contribution in [0.3, 0.4) is 0 Å². The highest BCUT2D eigenvalue weighted by atomic mass is 16.4. The number of primary amides is 1. The highest BCUT2D eigenvalue weighted by Crippen LogP contribution is 2.19. The number of amides is 4. The van der Waals surface area contributed by atoms with Crippen molar-refractivity contribution in [2.24, 2.45) is 17.2 Å². The minimum atomic E-state index is -1.42. The Morgan fingerprint density at radius 1 is 0.884 bits per heavy atom. The van der Waals surface area contributed by atoms with E-state index >= 15 is 0 Å². The lowest BCUT2D eigenvalue weighted by molar-refractivity contribution is -0.142. The van der Waals surface area contributed by atoms with Crippen LogP contribution in [0, 0.1) is 0 Å². The molecule has 0 fully saturated rings. The van der Waals surface area contributed by atoms with Gasteiger partial charge in [0, 0.05) is 48.3 Å². The van der Waals surface area contributed by atoms with Crippen LogP contribution < -0.4 is 33.2 Å². The van der Waals surface area contributed by atoms with E-state index in [1.807, 2.05) is 24.3 Å². The molecule has 2 aromatic heterocycles. The van der Waals surface area contributed by atoms with E-state index in [2.05, 4.69) is 30.9 Å². The lowest BCUT2D eigenvalue weighted by Crippen LogP contribution is -2.58. The summed E-state index contributed by atoms with van der Waals surface area (Å²) in [6.45, 7) is 0.463. The largest absolute Gasteiger partial charge is 0.480 e. The maximum absolute atomic E-state index is 13.6. The second-order valence-corrected chi connectivity index (χ2v) is 10.3. The van der Waals surface area contributed by atoms with Crippen molar-refractivity contribution < 1.29 is 29.1 Å². The number of H-pyrrole nitrogens is 2. The number of aliphatic carboxylic acids is 1. The Morgan fingerprint density at radius 3 is 2.21 bits per heavy atom. The number of aromatic nitrogens is 3. The molecule has 15 nitrogen and oxygen atoms in total. The van der Waals surface area contributed by atoms with Crippen LogP contribution >= 0.6 is 0 Å². The molecule has 3 rings (SSSR count). The minimum Gasteiger partial charge on any atom is -0.480 e. The van der Waals surface area contributed by atoms with Crippen LogP contribution in [-0.2, 0) is 36.8 Å². The van der Waals surface area contributed by atoms with E-state index in [0.717, 1.165) is 10.9 Å². The molecule has 232 valence electrons. The first kappa shape index (κ1) is 32.8. The molecule has 0 aliphatic rings. The monoisotopic (exact) mass is 597 g/mol. The van der Waals surface area contributed by atoms with Crippen LogP contribution in [0.25, 0.3) is 10.9 Å². The summed E-state index contributed by atoms with van der Waals surface area (Å²) in [4.78, 5) is 73.0. The van der Waals surface area contributed by atoms with Gasteiger partial charge in [0.15, 0.2) is 0 Å². The molecule has 2 heterocycles. The fourth-order valence-corrected chi connectivity index (χ4v) is 4.56. The number of carboxylic acids is 1. The molecule has 3 aromatic rings. The van der Waals surface area contributed by atoms with E-state index in [0.29, 0.717) is 37.1 Å². The average Bonchev–Trinajstić information content (AvgIpc) is 3.64. The molecule has 0 aliphatic carbocycles. The summed E-state index contributed by atoms with van der Waals surface area (Å²) in [7, 11) is 0. The van der Waals surface area contributed by atoms with Gasteiger partial charge in [-0.25, -0.2) is 9.78 Å². The lowest BCUT2D eigenvalue weighted by Gasteiger charge is -2.25. The molecule has 12 N–H and O–H groups in total. The number of aromatic amines is 2. The fourth-order valence-electron chi connectivity index (χ4n) is 4.56. The summed E-state index contributed by atoms with van der Waals surface area (Å²) in [6, 6.07) is 2.67. The van der Waals surface area contributed by atoms with E-state index in [-0.39, 0.29) is 25.7 Å². The third-order valence-corrected chi connectivity index (χ3v) is 6.94. The molecule has 0 aliphatic heterocycles. The Morgan fingerprint density at radius 2 is 1.56 bits per heavy atom. The number of unbranched alkanes of at least 4 members (excludes halogenated alkanes) is 1. The summed E-state index contributed by atoms with van der Waals surface area (Å²) in [5, 5.41) is 18.2. The van der Waals surface area contributed by atoms with Crippen LogP contribution in [0.5, 0.6) is 0 Å². The topological polar surface area (TPSA) is 264 Å². The van der Waals surface area contributed by atoms with Gasteiger partial charge < -0.3 is 48.2 Å². The second-order valence-electron chi connectivity index (χ2n) is 10.3. The number of hydrogen-bond acceptors (Lipinski definition) is 8. The smallest absolute Gasteiger partial charge is 0.326 e. The van der Waals surface area contributed by atoms with Crippen molar-refractivity contribution in [1.29, 1.82) is 0 Å². The van der Waals surface area contributed by atoms with Crippen molar-refractivity contribution in [1.82, 2.24) is 30.9 Å². The molecule has 0 saturated carbocycles. The molecule has 4 amide bonds. The molecule has 0 bridgehead atoms. The summed E-state index contributed by atoms with van der Waals surface area (Å²) >= 11 is 0. The molecule has 0 saturated heterocycles. The summed E-state index contributed by atoms with van der Waals surface area (Å²) in [5.41, 5.74) is 18.8. The second kappa shape index (κ2) is 16.0. The number of carbonyl (C=O) groups excluding carboxylic acids is 4. The number of benzene rings is 1. The average molecular weight is 598 g/mol. The molecular formula is C28H39N9O6. The standard InChI is InChI=1S/C28H39N9O6/c29-10-4-3-6-19(30)25(39)36-23(12-17-14-32-15-34-17)27(41)37-22(11-16-13-33-20-7-2-1-5-18(16)20)26(40)35-21(28(42)43)8-9-24(31)38/h1-2,5,7,13-15,19,21-23,33H,3-4,6,8-12,29-30H2,(H2,31,38)(H,32,34)(H,35,40)(H,36,39)(H,37,41)(H,42,43). The van der Waals surface area contributed by atoms with Crippen LogP contribution in [0.2, 0.25) is 0 Å². The van der Waals surface area contributed by atoms with Gasteiger partial charge in [-0.15, -0.1) is 0 Å². The van der Waals surface area contributed by atoms with Gasteiger partial charge in [0.25, 0.3) is 0 Å². The van der Waals surface area contributed by atoms with Gasteiger partial charge in [-0.05, 0) is 37.4 Å². The number of rotatable bonds is 18. The third-order valence-electron chi connectivity index (χ3n) is 6.94. The van der Waals surface area contributed by atoms with Gasteiger partial charge in [-0.3, -0.25) is 19.2 Å². The molecule has 1 aromatic carbocycles. The van der Waals surface area contributed by atoms with E-state index in [4.69, 9.17) is 17.2 Å². The van der Waals surface area contributed by atoms with E-state index in [9.17, 15) is 29.1 Å². The first-order valence-electron chi connectivity index (χ1n) is 14.0. The van der Waals surface area contributed by atoms with Crippen molar-refractivity contribution in [3.63, 3.8) is 0 Å². The number of para-hydroxylation sites is 1. The predicted octanol–water partition coefficient (Wildman–Crippen LogP) is -1.06. The Balaban J connectivity index is 1.85. The number of carbonyl (C=O) groups is 5. The van der Waals surface area contributed by atoms with Gasteiger partial charge in [0.1, 0.15) is 18.1 Å². The molecule has 43 heavy (non-hydrogen) atoms. The van der Waals surface area contributed by atoms with Crippen molar-refractivity contribution in [2.75, 3.05) is 6.54 Å². The number of fused-ring (bicyclic) bond motifs is 1. The van der Waals surface area contributed by atoms with E-state index < -0.39 is 53.8 Å². The number of imidazole rings is 1. The zero-order chi connectivity index (χ0) is 31.4. The number of hydrogen-bond donors (Lipinski definition) is 9.